The monoisotopic (exact) mass is 544 g/mol. The van der Waals surface area contributed by atoms with E-state index in [1.165, 1.54) is 12.1 Å². The minimum Gasteiger partial charge on any atom is -0.492 e. The van der Waals surface area contributed by atoms with Gasteiger partial charge >= 0.3 is 5.97 Å². The van der Waals surface area contributed by atoms with Gasteiger partial charge in [-0.1, -0.05) is 18.2 Å². The van der Waals surface area contributed by atoms with E-state index in [9.17, 15) is 13.6 Å². The van der Waals surface area contributed by atoms with Crippen LogP contribution in [0.1, 0.15) is 17.9 Å². The Labute approximate surface area is 228 Å². The molecule has 0 aliphatic carbocycles. The van der Waals surface area contributed by atoms with Crippen LogP contribution in [0, 0.1) is 18.6 Å². The number of benzene rings is 2. The highest BCUT2D eigenvalue weighted by Gasteiger charge is 2.17. The van der Waals surface area contributed by atoms with Crippen LogP contribution in [0.2, 0.25) is 0 Å². The number of nitrogens with two attached hydrogens (primary N) is 1. The fourth-order valence-electron chi connectivity index (χ4n) is 4.17. The van der Waals surface area contributed by atoms with Gasteiger partial charge in [0.25, 0.3) is 0 Å². The van der Waals surface area contributed by atoms with Crippen molar-refractivity contribution < 1.29 is 23.4 Å². The van der Waals surface area contributed by atoms with E-state index in [0.29, 0.717) is 28.7 Å². The van der Waals surface area contributed by atoms with Gasteiger partial charge in [0.2, 0.25) is 0 Å². The van der Waals surface area contributed by atoms with Crippen molar-refractivity contribution in [3.05, 3.63) is 90.0 Å². The Kier molecular flexibility index (Phi) is 7.65. The van der Waals surface area contributed by atoms with Gasteiger partial charge in [-0.2, -0.15) is 0 Å². The van der Waals surface area contributed by atoms with Crippen LogP contribution in [0.25, 0.3) is 33.5 Å². The molecule has 2 aromatic carbocycles. The Balaban J connectivity index is 1.46. The number of carboxylic acids is 1. The van der Waals surface area contributed by atoms with Gasteiger partial charge < -0.3 is 25.9 Å². The Bertz CT molecular complexity index is 1690. The van der Waals surface area contributed by atoms with E-state index in [4.69, 9.17) is 20.6 Å². The third-order valence-corrected chi connectivity index (χ3v) is 6.24. The first-order chi connectivity index (χ1) is 19.3. The lowest BCUT2D eigenvalue weighted by Gasteiger charge is -2.10. The number of aryl methyl sites for hydroxylation is 1. The standard InChI is InChI=1S/C29H26F2N6O3/c1-16-4-2-7-24(35-16)28-27(36-25(37-28)15-34-23-6-3-5-20(30)26(23)31)17-8-9-22-18(12-17)13-19(14-33-22)40-11-10-21(32)29(38)39/h2-9,12-14,21,34H,10-11,15,32H2,1H3,(H,36,37)(H,38,39)/t21-/m0/s1. The number of halogens is 2. The topological polar surface area (TPSA) is 139 Å². The molecule has 204 valence electrons. The van der Waals surface area contributed by atoms with E-state index in [-0.39, 0.29) is 25.3 Å². The molecule has 0 aliphatic heterocycles. The maximum absolute atomic E-state index is 14.2. The zero-order valence-electron chi connectivity index (χ0n) is 21.5. The number of carbonyl (C=O) groups is 1. The molecule has 3 heterocycles. The number of carboxylic acid groups (broad SMARTS) is 1. The van der Waals surface area contributed by atoms with Gasteiger partial charge in [-0.05, 0) is 49.4 Å². The van der Waals surface area contributed by atoms with Crippen molar-refractivity contribution in [2.75, 3.05) is 11.9 Å². The highest BCUT2D eigenvalue weighted by atomic mass is 19.2. The second-order valence-corrected chi connectivity index (χ2v) is 9.19. The first kappa shape index (κ1) is 26.7. The van der Waals surface area contributed by atoms with E-state index in [0.717, 1.165) is 28.2 Å². The first-order valence-electron chi connectivity index (χ1n) is 12.5. The molecule has 0 aliphatic rings. The summed E-state index contributed by atoms with van der Waals surface area (Å²) in [5, 5.41) is 12.6. The molecular weight excluding hydrogens is 518 g/mol. The highest BCUT2D eigenvalue weighted by Crippen LogP contribution is 2.32. The lowest BCUT2D eigenvalue weighted by atomic mass is 10.1. The number of aromatic amines is 1. The third kappa shape index (κ3) is 5.89. The molecule has 5 rings (SSSR count). The summed E-state index contributed by atoms with van der Waals surface area (Å²) in [5.41, 5.74) is 9.87. The van der Waals surface area contributed by atoms with Gasteiger partial charge in [0, 0.05) is 23.1 Å². The lowest BCUT2D eigenvalue weighted by Crippen LogP contribution is -2.31. The molecule has 0 bridgehead atoms. The fraction of sp³-hybridized carbons (Fsp3) is 0.172. The zero-order valence-corrected chi connectivity index (χ0v) is 21.5. The minimum absolute atomic E-state index is 0.0294. The van der Waals surface area contributed by atoms with Crippen LogP contribution < -0.4 is 15.8 Å². The number of pyridine rings is 2. The van der Waals surface area contributed by atoms with Gasteiger partial charge in [-0.25, -0.2) is 13.8 Å². The van der Waals surface area contributed by atoms with Crippen LogP contribution in [0.3, 0.4) is 0 Å². The summed E-state index contributed by atoms with van der Waals surface area (Å²) >= 11 is 0. The Morgan fingerprint density at radius 1 is 1.12 bits per heavy atom. The van der Waals surface area contributed by atoms with Crippen molar-refractivity contribution >= 4 is 22.6 Å². The molecule has 0 amide bonds. The predicted molar refractivity (Wildman–Crippen MR) is 147 cm³/mol. The molecule has 0 spiro atoms. The van der Waals surface area contributed by atoms with Crippen LogP contribution in [0.4, 0.5) is 14.5 Å². The number of ether oxygens (including phenoxy) is 1. The SMILES string of the molecule is Cc1cccc(-c2[nH]c(CNc3cccc(F)c3F)nc2-c2ccc3ncc(OCC[C@H](N)C(=O)O)cc3c2)n1. The van der Waals surface area contributed by atoms with E-state index >= 15 is 0 Å². The quantitative estimate of drug-likeness (QED) is 0.191. The number of anilines is 1. The molecule has 0 unspecified atom stereocenters. The summed E-state index contributed by atoms with van der Waals surface area (Å²) in [6.45, 7) is 2.14. The van der Waals surface area contributed by atoms with Crippen molar-refractivity contribution in [2.45, 2.75) is 25.9 Å². The number of rotatable bonds is 10. The van der Waals surface area contributed by atoms with E-state index in [1.54, 1.807) is 6.20 Å². The van der Waals surface area contributed by atoms with E-state index in [1.807, 2.05) is 49.4 Å². The smallest absolute Gasteiger partial charge is 0.320 e. The lowest BCUT2D eigenvalue weighted by molar-refractivity contribution is -0.138. The summed E-state index contributed by atoms with van der Waals surface area (Å²) in [6, 6.07) is 16.1. The second kappa shape index (κ2) is 11.5. The maximum Gasteiger partial charge on any atom is 0.320 e. The number of hydrogen-bond acceptors (Lipinski definition) is 7. The number of aliphatic carboxylic acids is 1. The summed E-state index contributed by atoms with van der Waals surface area (Å²) < 4.78 is 33.5. The average molecular weight is 545 g/mol. The summed E-state index contributed by atoms with van der Waals surface area (Å²) in [5.74, 6) is -2.00. The molecule has 0 saturated carbocycles. The van der Waals surface area contributed by atoms with Crippen molar-refractivity contribution in [3.63, 3.8) is 0 Å². The molecule has 0 radical (unpaired) electrons. The molecule has 40 heavy (non-hydrogen) atoms. The number of nitrogens with one attached hydrogen (secondary N) is 2. The number of aromatic nitrogens is 4. The molecular formula is C29H26F2N6O3. The number of H-pyrrole nitrogens is 1. The van der Waals surface area contributed by atoms with Crippen LogP contribution in [0.15, 0.2) is 66.9 Å². The minimum atomic E-state index is -1.08. The van der Waals surface area contributed by atoms with Crippen LogP contribution in [-0.4, -0.2) is 43.7 Å². The van der Waals surface area contributed by atoms with E-state index < -0.39 is 23.6 Å². The van der Waals surface area contributed by atoms with Crippen molar-refractivity contribution in [3.8, 4) is 28.4 Å². The molecule has 1 atom stereocenters. The summed E-state index contributed by atoms with van der Waals surface area (Å²) in [4.78, 5) is 28.1. The second-order valence-electron chi connectivity index (χ2n) is 9.19. The van der Waals surface area contributed by atoms with Crippen molar-refractivity contribution in [1.82, 2.24) is 19.9 Å². The number of fused-ring (bicyclic) bond motifs is 1. The molecule has 9 nitrogen and oxygen atoms in total. The molecule has 11 heteroatoms. The molecule has 0 fully saturated rings. The van der Waals surface area contributed by atoms with Gasteiger partial charge in [0.05, 0.1) is 47.6 Å². The van der Waals surface area contributed by atoms with Gasteiger partial charge in [0.1, 0.15) is 17.6 Å². The Morgan fingerprint density at radius 3 is 2.75 bits per heavy atom. The Hall–Kier alpha value is -4.90. The number of nitrogens with zero attached hydrogens (tertiary/aromatic N) is 3. The van der Waals surface area contributed by atoms with Gasteiger partial charge in [-0.3, -0.25) is 14.8 Å². The molecule has 5 aromatic rings. The normalized spacial score (nSPS) is 11.9. The first-order valence-corrected chi connectivity index (χ1v) is 12.5. The fourth-order valence-corrected chi connectivity index (χ4v) is 4.17. The average Bonchev–Trinajstić information content (AvgIpc) is 3.38. The molecule has 5 N–H and O–H groups in total. The Morgan fingerprint density at radius 2 is 1.95 bits per heavy atom. The van der Waals surface area contributed by atoms with Crippen LogP contribution >= 0.6 is 0 Å². The zero-order chi connectivity index (χ0) is 28.2. The van der Waals surface area contributed by atoms with Crippen molar-refractivity contribution in [2.24, 2.45) is 5.73 Å². The van der Waals surface area contributed by atoms with Crippen molar-refractivity contribution in [1.29, 1.82) is 0 Å². The summed E-state index contributed by atoms with van der Waals surface area (Å²) in [7, 11) is 0. The largest absolute Gasteiger partial charge is 0.492 e. The molecule has 0 saturated heterocycles. The predicted octanol–water partition coefficient (Wildman–Crippen LogP) is 5.07. The van der Waals surface area contributed by atoms with E-state index in [2.05, 4.69) is 20.3 Å². The van der Waals surface area contributed by atoms with Gasteiger partial charge in [-0.15, -0.1) is 0 Å². The summed E-state index contributed by atoms with van der Waals surface area (Å²) in [6.07, 6.45) is 1.73. The highest BCUT2D eigenvalue weighted by molar-refractivity contribution is 5.87. The van der Waals surface area contributed by atoms with Crippen LogP contribution in [-0.2, 0) is 11.3 Å². The number of imidazole rings is 1. The van der Waals surface area contributed by atoms with Crippen LogP contribution in [0.5, 0.6) is 5.75 Å². The molecule has 3 aromatic heterocycles. The number of hydrogen-bond donors (Lipinski definition) is 4. The maximum atomic E-state index is 14.2. The third-order valence-electron chi connectivity index (χ3n) is 6.24. The van der Waals surface area contributed by atoms with Gasteiger partial charge in [0.15, 0.2) is 11.6 Å².